The van der Waals surface area contributed by atoms with Gasteiger partial charge in [0.2, 0.25) is 0 Å². The monoisotopic (exact) mass is 273 g/mol. The van der Waals surface area contributed by atoms with Crippen LogP contribution in [0.4, 0.5) is 0 Å². The molecule has 3 aromatic rings. The number of ether oxygens (including phenoxy) is 1. The Morgan fingerprint density at radius 2 is 2.17 bits per heavy atom. The van der Waals surface area contributed by atoms with Gasteiger partial charge in [-0.1, -0.05) is 6.07 Å². The summed E-state index contributed by atoms with van der Waals surface area (Å²) in [6, 6.07) is 10.1. The summed E-state index contributed by atoms with van der Waals surface area (Å²) in [6.45, 7) is 0. The maximum atomic E-state index is 5.21. The van der Waals surface area contributed by atoms with E-state index in [0.717, 1.165) is 21.0 Å². The average molecular weight is 273 g/mol. The lowest BCUT2D eigenvalue weighted by molar-refractivity contribution is 0.415. The van der Waals surface area contributed by atoms with Crippen molar-refractivity contribution in [3.8, 4) is 5.75 Å². The summed E-state index contributed by atoms with van der Waals surface area (Å²) in [5.41, 5.74) is 1.02. The second-order valence-corrected chi connectivity index (χ2v) is 5.78. The Morgan fingerprint density at radius 1 is 1.22 bits per heavy atom. The molecule has 0 aliphatic rings. The van der Waals surface area contributed by atoms with Crippen molar-refractivity contribution in [1.82, 2.24) is 4.98 Å². The molecule has 18 heavy (non-hydrogen) atoms. The van der Waals surface area contributed by atoms with E-state index in [0.29, 0.717) is 0 Å². The minimum atomic E-state index is 0.875. The molecule has 3 rings (SSSR count). The summed E-state index contributed by atoms with van der Waals surface area (Å²) in [7, 11) is 1.68. The van der Waals surface area contributed by atoms with Gasteiger partial charge in [-0.05, 0) is 41.8 Å². The number of hydrogen-bond donors (Lipinski definition) is 0. The van der Waals surface area contributed by atoms with Gasteiger partial charge in [0, 0.05) is 4.88 Å². The van der Waals surface area contributed by atoms with Crippen molar-refractivity contribution in [1.29, 1.82) is 0 Å². The molecule has 0 radical (unpaired) electrons. The van der Waals surface area contributed by atoms with E-state index in [4.69, 9.17) is 4.74 Å². The topological polar surface area (TPSA) is 22.1 Å². The first-order valence-corrected chi connectivity index (χ1v) is 7.21. The van der Waals surface area contributed by atoms with Crippen LogP contribution in [-0.4, -0.2) is 12.1 Å². The summed E-state index contributed by atoms with van der Waals surface area (Å²) in [5.74, 6) is 0.875. The van der Waals surface area contributed by atoms with Crippen molar-refractivity contribution in [2.75, 3.05) is 7.11 Å². The molecule has 1 aromatic carbocycles. The number of thiophene rings is 1. The molecular formula is C14H11NOS2. The third-order valence-electron chi connectivity index (χ3n) is 2.55. The van der Waals surface area contributed by atoms with E-state index in [9.17, 15) is 0 Å². The van der Waals surface area contributed by atoms with Gasteiger partial charge in [0.1, 0.15) is 10.8 Å². The van der Waals surface area contributed by atoms with Crippen LogP contribution in [0.2, 0.25) is 0 Å². The molecule has 0 aliphatic heterocycles. The summed E-state index contributed by atoms with van der Waals surface area (Å²) in [5, 5.41) is 3.09. The largest absolute Gasteiger partial charge is 0.497 e. The highest BCUT2D eigenvalue weighted by atomic mass is 32.1. The summed E-state index contributed by atoms with van der Waals surface area (Å²) < 4.78 is 6.37. The molecule has 0 saturated carbocycles. The maximum Gasteiger partial charge on any atom is 0.120 e. The minimum Gasteiger partial charge on any atom is -0.497 e. The van der Waals surface area contributed by atoms with Crippen LogP contribution in [0.25, 0.3) is 22.4 Å². The fraction of sp³-hybridized carbons (Fsp3) is 0.0714. The van der Waals surface area contributed by atoms with Gasteiger partial charge in [0.25, 0.3) is 0 Å². The van der Waals surface area contributed by atoms with Gasteiger partial charge in [-0.2, -0.15) is 0 Å². The number of methoxy groups -OCH3 is 1. The van der Waals surface area contributed by atoms with Crippen molar-refractivity contribution in [3.63, 3.8) is 0 Å². The van der Waals surface area contributed by atoms with Gasteiger partial charge in [-0.3, -0.25) is 0 Å². The van der Waals surface area contributed by atoms with E-state index in [1.807, 2.05) is 24.3 Å². The fourth-order valence-electron chi connectivity index (χ4n) is 1.66. The number of hydrogen-bond acceptors (Lipinski definition) is 4. The van der Waals surface area contributed by atoms with Gasteiger partial charge in [0.15, 0.2) is 0 Å². The van der Waals surface area contributed by atoms with Crippen LogP contribution >= 0.6 is 22.7 Å². The van der Waals surface area contributed by atoms with Crippen molar-refractivity contribution < 1.29 is 4.74 Å². The molecular weight excluding hydrogens is 262 g/mol. The third kappa shape index (κ3) is 2.30. The fourth-order valence-corrected chi connectivity index (χ4v) is 3.18. The summed E-state index contributed by atoms with van der Waals surface area (Å²) in [4.78, 5) is 5.81. The van der Waals surface area contributed by atoms with E-state index in [1.54, 1.807) is 29.8 Å². The Morgan fingerprint density at radius 3 is 2.94 bits per heavy atom. The quantitative estimate of drug-likeness (QED) is 0.699. The molecule has 0 unspecified atom stereocenters. The first-order chi connectivity index (χ1) is 8.85. The molecule has 0 amide bonds. The van der Waals surface area contributed by atoms with E-state index < -0.39 is 0 Å². The predicted octanol–water partition coefficient (Wildman–Crippen LogP) is 4.54. The van der Waals surface area contributed by atoms with Gasteiger partial charge in [-0.15, -0.1) is 22.7 Å². The van der Waals surface area contributed by atoms with Gasteiger partial charge in [-0.25, -0.2) is 4.98 Å². The minimum absolute atomic E-state index is 0.875. The first-order valence-electron chi connectivity index (χ1n) is 5.51. The number of benzene rings is 1. The van der Waals surface area contributed by atoms with Crippen molar-refractivity contribution in [2.45, 2.75) is 0 Å². The first kappa shape index (κ1) is 11.4. The second kappa shape index (κ2) is 4.92. The zero-order chi connectivity index (χ0) is 12.4. The van der Waals surface area contributed by atoms with Crippen molar-refractivity contribution in [3.05, 3.63) is 45.6 Å². The molecule has 0 spiro atoms. The smallest absolute Gasteiger partial charge is 0.120 e. The van der Waals surface area contributed by atoms with Crippen molar-refractivity contribution >= 4 is 45.0 Å². The van der Waals surface area contributed by atoms with Crippen LogP contribution < -0.4 is 4.74 Å². The van der Waals surface area contributed by atoms with Crippen LogP contribution in [-0.2, 0) is 0 Å². The van der Waals surface area contributed by atoms with E-state index >= 15 is 0 Å². The SMILES string of the molecule is COc1ccc2nc(/C=C/c3cccs3)sc2c1. The molecule has 2 nitrogen and oxygen atoms in total. The van der Waals surface area contributed by atoms with Gasteiger partial charge >= 0.3 is 0 Å². The Kier molecular flexibility index (Phi) is 3.13. The van der Waals surface area contributed by atoms with Crippen LogP contribution in [0.5, 0.6) is 5.75 Å². The Bertz CT molecular complexity index is 683. The molecule has 4 heteroatoms. The molecule has 0 saturated heterocycles. The highest BCUT2D eigenvalue weighted by Crippen LogP contribution is 2.27. The van der Waals surface area contributed by atoms with Gasteiger partial charge in [0.05, 0.1) is 17.3 Å². The second-order valence-electron chi connectivity index (χ2n) is 3.73. The lowest BCUT2D eigenvalue weighted by Gasteiger charge is -1.96. The highest BCUT2D eigenvalue weighted by molar-refractivity contribution is 7.19. The number of aromatic nitrogens is 1. The molecule has 0 N–H and O–H groups in total. The molecule has 2 heterocycles. The Labute approximate surface area is 113 Å². The number of rotatable bonds is 3. The summed E-state index contributed by atoms with van der Waals surface area (Å²) >= 11 is 3.40. The van der Waals surface area contributed by atoms with Crippen LogP contribution in [0.3, 0.4) is 0 Å². The molecule has 0 bridgehead atoms. The normalized spacial score (nSPS) is 11.4. The maximum absolute atomic E-state index is 5.21. The standard InChI is InChI=1S/C14H11NOS2/c1-16-10-4-6-12-13(9-10)18-14(15-12)7-5-11-3-2-8-17-11/h2-9H,1H3/b7-5+. The molecule has 90 valence electrons. The Balaban J connectivity index is 1.93. The van der Waals surface area contributed by atoms with E-state index in [1.165, 1.54) is 4.88 Å². The highest BCUT2D eigenvalue weighted by Gasteiger charge is 2.02. The van der Waals surface area contributed by atoms with E-state index in [-0.39, 0.29) is 0 Å². The number of nitrogens with zero attached hydrogens (tertiary/aromatic N) is 1. The average Bonchev–Trinajstić information content (AvgIpc) is 3.04. The lowest BCUT2D eigenvalue weighted by atomic mass is 10.3. The molecule has 0 aliphatic carbocycles. The number of thiazole rings is 1. The summed E-state index contributed by atoms with van der Waals surface area (Å²) in [6.07, 6.45) is 4.16. The predicted molar refractivity (Wildman–Crippen MR) is 79.4 cm³/mol. The zero-order valence-corrected chi connectivity index (χ0v) is 11.4. The van der Waals surface area contributed by atoms with Crippen LogP contribution in [0, 0.1) is 0 Å². The van der Waals surface area contributed by atoms with Crippen LogP contribution in [0.15, 0.2) is 35.7 Å². The zero-order valence-electron chi connectivity index (χ0n) is 9.79. The molecule has 0 fully saturated rings. The molecule has 2 aromatic heterocycles. The van der Waals surface area contributed by atoms with Crippen LogP contribution in [0.1, 0.15) is 9.88 Å². The Hall–Kier alpha value is -1.65. The number of fused-ring (bicyclic) bond motifs is 1. The van der Waals surface area contributed by atoms with Gasteiger partial charge < -0.3 is 4.74 Å². The van der Waals surface area contributed by atoms with Crippen molar-refractivity contribution in [2.24, 2.45) is 0 Å². The lowest BCUT2D eigenvalue weighted by Crippen LogP contribution is -1.80. The molecule has 0 atom stereocenters. The van der Waals surface area contributed by atoms with E-state index in [2.05, 4.69) is 28.6 Å². The third-order valence-corrected chi connectivity index (χ3v) is 4.37.